The van der Waals surface area contributed by atoms with E-state index in [1.807, 2.05) is 18.2 Å². The average Bonchev–Trinajstić information content (AvgIpc) is 2.69. The average molecular weight is 344 g/mol. The highest BCUT2D eigenvalue weighted by Crippen LogP contribution is 2.42. The van der Waals surface area contributed by atoms with Gasteiger partial charge in [0.2, 0.25) is 0 Å². The Labute approximate surface area is 111 Å². The van der Waals surface area contributed by atoms with Gasteiger partial charge in [0.1, 0.15) is 16.8 Å². The molecule has 2 aromatic rings. The number of anilines is 1. The van der Waals surface area contributed by atoms with Crippen molar-refractivity contribution in [2.24, 2.45) is 0 Å². The molecule has 0 spiro atoms. The van der Waals surface area contributed by atoms with Gasteiger partial charge in [-0.1, -0.05) is 11.2 Å². The van der Waals surface area contributed by atoms with E-state index >= 15 is 0 Å². The maximum absolute atomic E-state index is 5.67. The number of hydrogen-bond donors (Lipinski definition) is 1. The molecule has 0 fully saturated rings. The zero-order valence-electron chi connectivity index (χ0n) is 8.77. The normalized spacial score (nSPS) is 13.7. The van der Waals surface area contributed by atoms with E-state index in [4.69, 9.17) is 19.7 Å². The van der Waals surface area contributed by atoms with E-state index in [-0.39, 0.29) is 0 Å². The molecule has 0 bridgehead atoms. The number of halogens is 1. The van der Waals surface area contributed by atoms with Crippen LogP contribution in [0.15, 0.2) is 22.7 Å². The summed E-state index contributed by atoms with van der Waals surface area (Å²) in [7, 11) is 0. The Bertz CT molecular complexity index is 568. The fourth-order valence-electron chi connectivity index (χ4n) is 1.71. The molecule has 1 aromatic heterocycles. The number of benzene rings is 1. The zero-order valence-corrected chi connectivity index (χ0v) is 10.9. The van der Waals surface area contributed by atoms with Crippen LogP contribution in [-0.4, -0.2) is 18.4 Å². The second-order valence-corrected chi connectivity index (χ2v) is 4.62. The number of nitrogens with two attached hydrogens (primary N) is 1. The fraction of sp³-hybridized carbons (Fsp3) is 0.182. The van der Waals surface area contributed by atoms with Gasteiger partial charge >= 0.3 is 0 Å². The Hall–Kier alpha value is -1.44. The zero-order chi connectivity index (χ0) is 11.8. The lowest BCUT2D eigenvalue weighted by Gasteiger charge is -2.20. The van der Waals surface area contributed by atoms with Gasteiger partial charge in [-0.25, -0.2) is 0 Å². The van der Waals surface area contributed by atoms with Crippen molar-refractivity contribution >= 4 is 28.4 Å². The molecular formula is C11H9IN2O3. The molecule has 2 heterocycles. The van der Waals surface area contributed by atoms with Gasteiger partial charge in [0.05, 0.1) is 5.56 Å². The summed E-state index contributed by atoms with van der Waals surface area (Å²) in [6.07, 6.45) is 0. The van der Waals surface area contributed by atoms with Crippen molar-refractivity contribution in [1.82, 2.24) is 5.16 Å². The van der Waals surface area contributed by atoms with Gasteiger partial charge < -0.3 is 19.7 Å². The Balaban J connectivity index is 2.18. The highest BCUT2D eigenvalue weighted by Gasteiger charge is 2.22. The molecule has 0 amide bonds. The standard InChI is InChI=1S/C11H9IN2O3/c12-8-10(17-14-11(8)13)6-2-1-3-7-9(6)16-5-4-15-7/h1-3H,4-5H2,(H2,13,14). The second-order valence-electron chi connectivity index (χ2n) is 3.54. The number of nitrogens with zero attached hydrogens (tertiary/aromatic N) is 1. The van der Waals surface area contributed by atoms with Gasteiger partial charge in [0.15, 0.2) is 23.1 Å². The molecule has 1 aromatic carbocycles. The summed E-state index contributed by atoms with van der Waals surface area (Å²) in [5.41, 5.74) is 6.49. The third-order valence-corrected chi connectivity index (χ3v) is 3.51. The lowest BCUT2D eigenvalue weighted by atomic mass is 10.1. The van der Waals surface area contributed by atoms with Gasteiger partial charge in [0, 0.05) is 0 Å². The van der Waals surface area contributed by atoms with Gasteiger partial charge in [-0.3, -0.25) is 0 Å². The minimum absolute atomic E-state index is 0.384. The Morgan fingerprint density at radius 2 is 2.06 bits per heavy atom. The molecular weight excluding hydrogens is 335 g/mol. The monoisotopic (exact) mass is 344 g/mol. The SMILES string of the molecule is Nc1noc(-c2cccc3c2OCCO3)c1I. The maximum Gasteiger partial charge on any atom is 0.186 e. The molecule has 0 unspecified atom stereocenters. The maximum atomic E-state index is 5.67. The summed E-state index contributed by atoms with van der Waals surface area (Å²) in [6.45, 7) is 1.09. The van der Waals surface area contributed by atoms with Gasteiger partial charge in [-0.2, -0.15) is 0 Å². The highest BCUT2D eigenvalue weighted by molar-refractivity contribution is 14.1. The quantitative estimate of drug-likeness (QED) is 0.804. The van der Waals surface area contributed by atoms with E-state index in [1.54, 1.807) is 0 Å². The minimum Gasteiger partial charge on any atom is -0.486 e. The van der Waals surface area contributed by atoms with Gasteiger partial charge in [-0.15, -0.1) is 0 Å². The lowest BCUT2D eigenvalue weighted by molar-refractivity contribution is 0.172. The van der Waals surface area contributed by atoms with Crippen LogP contribution in [0.25, 0.3) is 11.3 Å². The van der Waals surface area contributed by atoms with E-state index in [2.05, 4.69) is 27.7 Å². The minimum atomic E-state index is 0.384. The number of rotatable bonds is 1. The smallest absolute Gasteiger partial charge is 0.186 e. The fourth-order valence-corrected chi connectivity index (χ4v) is 2.20. The first-order valence-corrected chi connectivity index (χ1v) is 6.15. The molecule has 3 rings (SSSR count). The molecule has 0 radical (unpaired) electrons. The van der Waals surface area contributed by atoms with Crippen molar-refractivity contribution in [3.63, 3.8) is 0 Å². The third-order valence-electron chi connectivity index (χ3n) is 2.47. The molecule has 5 nitrogen and oxygen atoms in total. The van der Waals surface area contributed by atoms with Gasteiger partial charge in [-0.05, 0) is 34.7 Å². The van der Waals surface area contributed by atoms with Crippen LogP contribution in [-0.2, 0) is 0 Å². The van der Waals surface area contributed by atoms with Crippen molar-refractivity contribution in [1.29, 1.82) is 0 Å². The number of ether oxygens (including phenoxy) is 2. The number of para-hydroxylation sites is 1. The van der Waals surface area contributed by atoms with Crippen LogP contribution < -0.4 is 15.2 Å². The number of fused-ring (bicyclic) bond motifs is 1. The number of nitrogen functional groups attached to an aromatic ring is 1. The van der Waals surface area contributed by atoms with Crippen LogP contribution in [0.4, 0.5) is 5.82 Å². The summed E-state index contributed by atoms with van der Waals surface area (Å²) in [5.74, 6) is 2.41. The predicted octanol–water partition coefficient (Wildman–Crippen LogP) is 2.30. The molecule has 0 atom stereocenters. The predicted molar refractivity (Wildman–Crippen MR) is 70.1 cm³/mol. The molecule has 0 aliphatic carbocycles. The first kappa shape index (κ1) is 10.7. The van der Waals surface area contributed by atoms with E-state index in [9.17, 15) is 0 Å². The van der Waals surface area contributed by atoms with E-state index in [1.165, 1.54) is 0 Å². The van der Waals surface area contributed by atoms with Crippen LogP contribution in [0.5, 0.6) is 11.5 Å². The summed E-state index contributed by atoms with van der Waals surface area (Å²) in [4.78, 5) is 0. The van der Waals surface area contributed by atoms with E-state index < -0.39 is 0 Å². The first-order chi connectivity index (χ1) is 8.27. The Kier molecular flexibility index (Phi) is 2.58. The molecule has 1 aliphatic rings. The molecule has 1 aliphatic heterocycles. The van der Waals surface area contributed by atoms with E-state index in [0.29, 0.717) is 30.5 Å². The third kappa shape index (κ3) is 1.72. The molecule has 17 heavy (non-hydrogen) atoms. The van der Waals surface area contributed by atoms with Crippen molar-refractivity contribution in [2.75, 3.05) is 18.9 Å². The van der Waals surface area contributed by atoms with Crippen molar-refractivity contribution in [2.45, 2.75) is 0 Å². The molecule has 0 saturated heterocycles. The Morgan fingerprint density at radius 1 is 1.24 bits per heavy atom. The van der Waals surface area contributed by atoms with Crippen LogP contribution in [0.3, 0.4) is 0 Å². The molecule has 0 saturated carbocycles. The highest BCUT2D eigenvalue weighted by atomic mass is 127. The van der Waals surface area contributed by atoms with Crippen molar-refractivity contribution in [3.8, 4) is 22.8 Å². The number of hydrogen-bond acceptors (Lipinski definition) is 5. The summed E-state index contributed by atoms with van der Waals surface area (Å²) < 4.78 is 17.1. The topological polar surface area (TPSA) is 70.5 Å². The van der Waals surface area contributed by atoms with E-state index in [0.717, 1.165) is 14.9 Å². The molecule has 6 heteroatoms. The largest absolute Gasteiger partial charge is 0.486 e. The second kappa shape index (κ2) is 4.10. The first-order valence-electron chi connectivity index (χ1n) is 5.07. The Morgan fingerprint density at radius 3 is 2.82 bits per heavy atom. The summed E-state index contributed by atoms with van der Waals surface area (Å²) in [6, 6.07) is 5.65. The number of aromatic nitrogens is 1. The van der Waals surface area contributed by atoms with Crippen molar-refractivity contribution < 1.29 is 14.0 Å². The van der Waals surface area contributed by atoms with Crippen LogP contribution >= 0.6 is 22.6 Å². The summed E-state index contributed by atoms with van der Waals surface area (Å²) in [5, 5.41) is 3.74. The molecule has 2 N–H and O–H groups in total. The molecule has 88 valence electrons. The van der Waals surface area contributed by atoms with Gasteiger partial charge in [0.25, 0.3) is 0 Å². The lowest BCUT2D eigenvalue weighted by Crippen LogP contribution is -2.15. The van der Waals surface area contributed by atoms with Crippen LogP contribution in [0, 0.1) is 3.57 Å². The van der Waals surface area contributed by atoms with Crippen LogP contribution in [0.1, 0.15) is 0 Å². The van der Waals surface area contributed by atoms with Crippen LogP contribution in [0.2, 0.25) is 0 Å². The summed E-state index contributed by atoms with van der Waals surface area (Å²) >= 11 is 2.10. The van der Waals surface area contributed by atoms with Crippen molar-refractivity contribution in [3.05, 3.63) is 21.8 Å².